The molecule has 1 aliphatic rings. The Bertz CT molecular complexity index is 385. The fourth-order valence-corrected chi connectivity index (χ4v) is 2.25. The van der Waals surface area contributed by atoms with E-state index in [1.165, 1.54) is 12.1 Å². The van der Waals surface area contributed by atoms with E-state index in [-0.39, 0.29) is 24.6 Å². The molecule has 1 N–H and O–H groups in total. The molecular weight excluding hydrogens is 249 g/mol. The first kappa shape index (κ1) is 14.2. The lowest BCUT2D eigenvalue weighted by molar-refractivity contribution is -0.0965. The number of ether oxygens (including phenoxy) is 2. The lowest BCUT2D eigenvalue weighted by Gasteiger charge is -2.35. The van der Waals surface area contributed by atoms with Crippen molar-refractivity contribution in [3.8, 4) is 5.75 Å². The number of aliphatic hydroxyl groups excluding tert-OH is 1. The summed E-state index contributed by atoms with van der Waals surface area (Å²) in [5.74, 6) is 0.404. The van der Waals surface area contributed by atoms with E-state index in [0.29, 0.717) is 18.9 Å². The summed E-state index contributed by atoms with van der Waals surface area (Å²) in [7, 11) is 0. The molecule has 1 aromatic rings. The van der Waals surface area contributed by atoms with Gasteiger partial charge in [0.2, 0.25) is 0 Å². The highest BCUT2D eigenvalue weighted by Gasteiger charge is 2.24. The Morgan fingerprint density at radius 1 is 1.37 bits per heavy atom. The molecule has 19 heavy (non-hydrogen) atoms. The Balaban J connectivity index is 1.74. The lowest BCUT2D eigenvalue weighted by atomic mass is 10.2. The van der Waals surface area contributed by atoms with Gasteiger partial charge in [-0.15, -0.1) is 0 Å². The third-order valence-electron chi connectivity index (χ3n) is 3.10. The molecule has 0 spiro atoms. The van der Waals surface area contributed by atoms with Gasteiger partial charge >= 0.3 is 0 Å². The topological polar surface area (TPSA) is 41.9 Å². The number of hydrogen-bond acceptors (Lipinski definition) is 4. The van der Waals surface area contributed by atoms with Crippen LogP contribution < -0.4 is 4.74 Å². The summed E-state index contributed by atoms with van der Waals surface area (Å²) in [6, 6.07) is 6.00. The van der Waals surface area contributed by atoms with Crippen LogP contribution in [0.25, 0.3) is 0 Å². The quantitative estimate of drug-likeness (QED) is 0.874. The van der Waals surface area contributed by atoms with Crippen molar-refractivity contribution in [3.05, 3.63) is 30.1 Å². The van der Waals surface area contributed by atoms with E-state index < -0.39 is 0 Å². The predicted molar refractivity (Wildman–Crippen MR) is 69.8 cm³/mol. The summed E-state index contributed by atoms with van der Waals surface area (Å²) >= 11 is 0. The number of nitrogens with zero attached hydrogens (tertiary/aromatic N) is 1. The van der Waals surface area contributed by atoms with Gasteiger partial charge in [-0.1, -0.05) is 0 Å². The Labute approximate surface area is 112 Å². The van der Waals surface area contributed by atoms with Crippen LogP contribution in [0.5, 0.6) is 5.75 Å². The van der Waals surface area contributed by atoms with Crippen LogP contribution in [0.1, 0.15) is 6.92 Å². The first-order valence-corrected chi connectivity index (χ1v) is 6.54. The molecule has 1 heterocycles. The van der Waals surface area contributed by atoms with E-state index in [0.717, 1.165) is 13.1 Å². The van der Waals surface area contributed by atoms with Crippen LogP contribution in [0.15, 0.2) is 24.3 Å². The number of halogens is 1. The SMILES string of the molecule is CC1CN(CCOc2ccc(F)cc2)CC(CO)O1. The first-order valence-electron chi connectivity index (χ1n) is 6.54. The number of hydrogen-bond donors (Lipinski definition) is 1. The van der Waals surface area contributed by atoms with Crippen LogP contribution in [0.4, 0.5) is 4.39 Å². The van der Waals surface area contributed by atoms with Gasteiger partial charge in [-0.2, -0.15) is 0 Å². The molecule has 0 amide bonds. The van der Waals surface area contributed by atoms with Crippen LogP contribution in [-0.2, 0) is 4.74 Å². The molecule has 1 aromatic carbocycles. The second-order valence-corrected chi connectivity index (χ2v) is 4.81. The third kappa shape index (κ3) is 4.45. The van der Waals surface area contributed by atoms with Crippen molar-refractivity contribution in [2.24, 2.45) is 0 Å². The van der Waals surface area contributed by atoms with Crippen LogP contribution in [0, 0.1) is 5.82 Å². The largest absolute Gasteiger partial charge is 0.492 e. The van der Waals surface area contributed by atoms with E-state index in [1.807, 2.05) is 6.92 Å². The van der Waals surface area contributed by atoms with E-state index in [2.05, 4.69) is 4.90 Å². The van der Waals surface area contributed by atoms with Gasteiger partial charge in [0.25, 0.3) is 0 Å². The summed E-state index contributed by atoms with van der Waals surface area (Å²) in [4.78, 5) is 2.21. The molecule has 0 saturated carbocycles. The minimum atomic E-state index is -0.264. The van der Waals surface area contributed by atoms with Crippen LogP contribution in [0.3, 0.4) is 0 Å². The molecule has 1 fully saturated rings. The number of aliphatic hydroxyl groups is 1. The predicted octanol–water partition coefficient (Wildman–Crippen LogP) is 1.29. The fourth-order valence-electron chi connectivity index (χ4n) is 2.25. The maximum absolute atomic E-state index is 12.7. The molecule has 5 heteroatoms. The monoisotopic (exact) mass is 269 g/mol. The maximum Gasteiger partial charge on any atom is 0.123 e. The van der Waals surface area contributed by atoms with E-state index in [9.17, 15) is 4.39 Å². The average molecular weight is 269 g/mol. The van der Waals surface area contributed by atoms with Gasteiger partial charge in [-0.05, 0) is 31.2 Å². The molecule has 106 valence electrons. The van der Waals surface area contributed by atoms with Crippen LogP contribution >= 0.6 is 0 Å². The molecule has 2 atom stereocenters. The van der Waals surface area contributed by atoms with Crippen LogP contribution in [-0.4, -0.2) is 55.1 Å². The number of benzene rings is 1. The van der Waals surface area contributed by atoms with Crippen molar-refractivity contribution in [2.45, 2.75) is 19.1 Å². The lowest BCUT2D eigenvalue weighted by Crippen LogP contribution is -2.49. The molecule has 2 unspecified atom stereocenters. The van der Waals surface area contributed by atoms with Crippen molar-refractivity contribution < 1.29 is 19.0 Å². The standard InChI is InChI=1S/C14H20FNO3/c1-11-8-16(9-14(10-17)19-11)6-7-18-13-4-2-12(15)3-5-13/h2-5,11,14,17H,6-10H2,1H3. The van der Waals surface area contributed by atoms with E-state index in [4.69, 9.17) is 14.6 Å². The Morgan fingerprint density at radius 2 is 2.11 bits per heavy atom. The van der Waals surface area contributed by atoms with Crippen molar-refractivity contribution >= 4 is 0 Å². The molecule has 2 rings (SSSR count). The zero-order chi connectivity index (χ0) is 13.7. The zero-order valence-electron chi connectivity index (χ0n) is 11.1. The van der Waals surface area contributed by atoms with Crippen molar-refractivity contribution in [1.82, 2.24) is 4.90 Å². The number of morpholine rings is 1. The second-order valence-electron chi connectivity index (χ2n) is 4.81. The highest BCUT2D eigenvalue weighted by molar-refractivity contribution is 5.21. The van der Waals surface area contributed by atoms with Crippen molar-refractivity contribution in [1.29, 1.82) is 0 Å². The van der Waals surface area contributed by atoms with Crippen molar-refractivity contribution in [2.75, 3.05) is 32.8 Å². The molecular formula is C14H20FNO3. The third-order valence-corrected chi connectivity index (χ3v) is 3.10. The van der Waals surface area contributed by atoms with E-state index >= 15 is 0 Å². The van der Waals surface area contributed by atoms with Gasteiger partial charge in [-0.25, -0.2) is 4.39 Å². The minimum absolute atomic E-state index is 0.0413. The summed E-state index contributed by atoms with van der Waals surface area (Å²) in [5.41, 5.74) is 0. The molecule has 0 aromatic heterocycles. The Kier molecular flexibility index (Phi) is 5.13. The Morgan fingerprint density at radius 3 is 2.79 bits per heavy atom. The molecule has 0 aliphatic carbocycles. The van der Waals surface area contributed by atoms with E-state index in [1.54, 1.807) is 12.1 Å². The summed E-state index contributed by atoms with van der Waals surface area (Å²) < 4.78 is 23.8. The Hall–Kier alpha value is -1.17. The van der Waals surface area contributed by atoms with Gasteiger partial charge in [0, 0.05) is 19.6 Å². The normalized spacial score (nSPS) is 24.4. The molecule has 4 nitrogen and oxygen atoms in total. The van der Waals surface area contributed by atoms with Gasteiger partial charge < -0.3 is 14.6 Å². The van der Waals surface area contributed by atoms with Gasteiger partial charge in [0.15, 0.2) is 0 Å². The second kappa shape index (κ2) is 6.84. The fraction of sp³-hybridized carbons (Fsp3) is 0.571. The molecule has 0 bridgehead atoms. The average Bonchev–Trinajstić information content (AvgIpc) is 2.40. The molecule has 0 radical (unpaired) electrons. The zero-order valence-corrected chi connectivity index (χ0v) is 11.1. The first-order chi connectivity index (χ1) is 9.17. The highest BCUT2D eigenvalue weighted by atomic mass is 19.1. The summed E-state index contributed by atoms with van der Waals surface area (Å²) in [5, 5.41) is 9.14. The molecule has 1 aliphatic heterocycles. The number of rotatable bonds is 5. The molecule has 1 saturated heterocycles. The van der Waals surface area contributed by atoms with Gasteiger partial charge in [-0.3, -0.25) is 4.90 Å². The highest BCUT2D eigenvalue weighted by Crippen LogP contribution is 2.13. The summed E-state index contributed by atoms with van der Waals surface area (Å²) in [6.45, 7) is 4.89. The van der Waals surface area contributed by atoms with Crippen molar-refractivity contribution in [3.63, 3.8) is 0 Å². The minimum Gasteiger partial charge on any atom is -0.492 e. The summed E-state index contributed by atoms with van der Waals surface area (Å²) in [6.07, 6.45) is 0.00583. The smallest absolute Gasteiger partial charge is 0.123 e. The van der Waals surface area contributed by atoms with Gasteiger partial charge in [0.05, 0.1) is 18.8 Å². The van der Waals surface area contributed by atoms with Gasteiger partial charge in [0.1, 0.15) is 18.2 Å². The maximum atomic E-state index is 12.7. The van der Waals surface area contributed by atoms with Crippen LogP contribution in [0.2, 0.25) is 0 Å².